The SMILES string of the molecule is O=C(NCCC1=CCCCC1)C(=O)NCCc1ccoc1. The standard InChI is InChI=1S/C16H22N2O3/c19-15(17-9-6-13-4-2-1-3-5-13)16(20)18-10-7-14-8-11-21-12-14/h4,8,11-12H,1-3,5-7,9-10H2,(H,17,19)(H,18,20). The van der Waals surface area contributed by atoms with Gasteiger partial charge in [-0.25, -0.2) is 0 Å². The van der Waals surface area contributed by atoms with Crippen LogP contribution in [0.4, 0.5) is 0 Å². The third-order valence-corrected chi connectivity index (χ3v) is 3.60. The van der Waals surface area contributed by atoms with E-state index < -0.39 is 11.8 Å². The number of rotatable bonds is 6. The first-order valence-electron chi connectivity index (χ1n) is 7.51. The lowest BCUT2D eigenvalue weighted by molar-refractivity contribution is -0.139. The van der Waals surface area contributed by atoms with E-state index in [1.807, 2.05) is 6.07 Å². The Morgan fingerprint density at radius 3 is 2.48 bits per heavy atom. The van der Waals surface area contributed by atoms with E-state index in [2.05, 4.69) is 16.7 Å². The van der Waals surface area contributed by atoms with Crippen LogP contribution in [0.3, 0.4) is 0 Å². The van der Waals surface area contributed by atoms with Crippen LogP contribution in [0.25, 0.3) is 0 Å². The highest BCUT2D eigenvalue weighted by Gasteiger charge is 2.12. The van der Waals surface area contributed by atoms with E-state index in [1.165, 1.54) is 18.4 Å². The molecule has 0 radical (unpaired) electrons. The molecule has 1 aliphatic rings. The predicted octanol–water partition coefficient (Wildman–Crippen LogP) is 1.94. The summed E-state index contributed by atoms with van der Waals surface area (Å²) in [5.41, 5.74) is 2.39. The van der Waals surface area contributed by atoms with Crippen molar-refractivity contribution in [3.8, 4) is 0 Å². The molecule has 1 heterocycles. The summed E-state index contributed by atoms with van der Waals surface area (Å²) in [4.78, 5) is 23.2. The van der Waals surface area contributed by atoms with E-state index in [-0.39, 0.29) is 0 Å². The van der Waals surface area contributed by atoms with Gasteiger partial charge in [0.25, 0.3) is 0 Å². The van der Waals surface area contributed by atoms with Crippen molar-refractivity contribution in [3.05, 3.63) is 35.8 Å². The topological polar surface area (TPSA) is 71.3 Å². The maximum Gasteiger partial charge on any atom is 0.309 e. The second kappa shape index (κ2) is 8.29. The van der Waals surface area contributed by atoms with E-state index in [0.717, 1.165) is 24.8 Å². The van der Waals surface area contributed by atoms with Gasteiger partial charge in [0.1, 0.15) is 0 Å². The molecule has 0 unspecified atom stereocenters. The molecule has 1 aromatic heterocycles. The van der Waals surface area contributed by atoms with Crippen molar-refractivity contribution < 1.29 is 14.0 Å². The molecule has 0 saturated carbocycles. The zero-order valence-corrected chi connectivity index (χ0v) is 12.2. The summed E-state index contributed by atoms with van der Waals surface area (Å²) >= 11 is 0. The first-order chi connectivity index (χ1) is 10.3. The Hall–Kier alpha value is -2.04. The van der Waals surface area contributed by atoms with Gasteiger partial charge in [-0.05, 0) is 50.2 Å². The Kier molecular flexibility index (Phi) is 6.06. The summed E-state index contributed by atoms with van der Waals surface area (Å²) in [7, 11) is 0. The van der Waals surface area contributed by atoms with Gasteiger partial charge >= 0.3 is 11.8 Å². The van der Waals surface area contributed by atoms with Gasteiger partial charge in [0.2, 0.25) is 0 Å². The fourth-order valence-electron chi connectivity index (χ4n) is 2.38. The fraction of sp³-hybridized carbons (Fsp3) is 0.500. The molecule has 1 aliphatic carbocycles. The highest BCUT2D eigenvalue weighted by Crippen LogP contribution is 2.19. The lowest BCUT2D eigenvalue weighted by atomic mass is 9.97. The molecule has 0 atom stereocenters. The Morgan fingerprint density at radius 2 is 1.86 bits per heavy atom. The Balaban J connectivity index is 1.58. The molecule has 5 nitrogen and oxygen atoms in total. The minimum atomic E-state index is -0.573. The van der Waals surface area contributed by atoms with E-state index in [1.54, 1.807) is 12.5 Å². The van der Waals surface area contributed by atoms with E-state index in [4.69, 9.17) is 4.42 Å². The van der Waals surface area contributed by atoms with Crippen molar-refractivity contribution in [1.29, 1.82) is 0 Å². The van der Waals surface area contributed by atoms with Gasteiger partial charge in [0, 0.05) is 13.1 Å². The van der Waals surface area contributed by atoms with Crippen molar-refractivity contribution in [1.82, 2.24) is 10.6 Å². The van der Waals surface area contributed by atoms with Crippen LogP contribution in [0, 0.1) is 0 Å². The molecule has 0 aliphatic heterocycles. The van der Waals surface area contributed by atoms with Crippen LogP contribution in [0.1, 0.15) is 37.7 Å². The van der Waals surface area contributed by atoms with Gasteiger partial charge in [-0.1, -0.05) is 11.6 Å². The van der Waals surface area contributed by atoms with E-state index in [0.29, 0.717) is 19.5 Å². The van der Waals surface area contributed by atoms with E-state index >= 15 is 0 Å². The summed E-state index contributed by atoms with van der Waals surface area (Å²) in [6.45, 7) is 0.955. The number of hydrogen-bond donors (Lipinski definition) is 2. The van der Waals surface area contributed by atoms with Gasteiger partial charge in [-0.3, -0.25) is 9.59 Å². The second-order valence-electron chi connectivity index (χ2n) is 5.25. The van der Waals surface area contributed by atoms with Crippen LogP contribution in [-0.2, 0) is 16.0 Å². The van der Waals surface area contributed by atoms with Crippen LogP contribution in [0.2, 0.25) is 0 Å². The third-order valence-electron chi connectivity index (χ3n) is 3.60. The molecule has 2 N–H and O–H groups in total. The Morgan fingerprint density at radius 1 is 1.10 bits per heavy atom. The molecule has 1 aromatic rings. The maximum absolute atomic E-state index is 11.6. The van der Waals surface area contributed by atoms with Crippen LogP contribution in [-0.4, -0.2) is 24.9 Å². The summed E-state index contributed by atoms with van der Waals surface area (Å²) < 4.78 is 4.93. The highest BCUT2D eigenvalue weighted by molar-refractivity contribution is 6.35. The maximum atomic E-state index is 11.6. The fourth-order valence-corrected chi connectivity index (χ4v) is 2.38. The molecule has 21 heavy (non-hydrogen) atoms. The average molecular weight is 290 g/mol. The minimum absolute atomic E-state index is 0.428. The van der Waals surface area contributed by atoms with Crippen LogP contribution >= 0.6 is 0 Å². The lowest BCUT2D eigenvalue weighted by Crippen LogP contribution is -2.41. The minimum Gasteiger partial charge on any atom is -0.472 e. The first kappa shape index (κ1) is 15.4. The first-order valence-corrected chi connectivity index (χ1v) is 7.51. The zero-order chi connectivity index (χ0) is 14.9. The number of hydrogen-bond acceptors (Lipinski definition) is 3. The summed E-state index contributed by atoms with van der Waals surface area (Å²) in [6.07, 6.45) is 11.7. The molecule has 0 bridgehead atoms. The lowest BCUT2D eigenvalue weighted by Gasteiger charge is -2.12. The summed E-state index contributed by atoms with van der Waals surface area (Å²) in [6, 6.07) is 1.84. The van der Waals surface area contributed by atoms with Crippen molar-refractivity contribution in [3.63, 3.8) is 0 Å². The van der Waals surface area contributed by atoms with Gasteiger partial charge in [0.05, 0.1) is 12.5 Å². The van der Waals surface area contributed by atoms with Gasteiger partial charge < -0.3 is 15.1 Å². The smallest absolute Gasteiger partial charge is 0.309 e. The molecular weight excluding hydrogens is 268 g/mol. The summed E-state index contributed by atoms with van der Waals surface area (Å²) in [5, 5.41) is 5.26. The van der Waals surface area contributed by atoms with Gasteiger partial charge in [-0.2, -0.15) is 0 Å². The average Bonchev–Trinajstić information content (AvgIpc) is 3.01. The Labute approximate surface area is 124 Å². The zero-order valence-electron chi connectivity index (χ0n) is 12.2. The predicted molar refractivity (Wildman–Crippen MR) is 79.6 cm³/mol. The second-order valence-corrected chi connectivity index (χ2v) is 5.25. The molecule has 0 saturated heterocycles. The number of carbonyl (C=O) groups excluding carboxylic acids is 2. The van der Waals surface area contributed by atoms with Crippen LogP contribution < -0.4 is 10.6 Å². The largest absolute Gasteiger partial charge is 0.472 e. The van der Waals surface area contributed by atoms with Crippen LogP contribution in [0.15, 0.2) is 34.7 Å². The van der Waals surface area contributed by atoms with Crippen molar-refractivity contribution >= 4 is 11.8 Å². The van der Waals surface area contributed by atoms with Crippen molar-refractivity contribution in [2.24, 2.45) is 0 Å². The molecule has 0 aromatic carbocycles. The molecule has 5 heteroatoms. The normalized spacial score (nSPS) is 14.4. The van der Waals surface area contributed by atoms with Crippen molar-refractivity contribution in [2.75, 3.05) is 13.1 Å². The number of carbonyl (C=O) groups is 2. The molecule has 2 amide bonds. The highest BCUT2D eigenvalue weighted by atomic mass is 16.3. The van der Waals surface area contributed by atoms with Gasteiger partial charge in [0.15, 0.2) is 0 Å². The van der Waals surface area contributed by atoms with Gasteiger partial charge in [-0.15, -0.1) is 0 Å². The monoisotopic (exact) mass is 290 g/mol. The molecule has 2 rings (SSSR count). The van der Waals surface area contributed by atoms with Crippen LogP contribution in [0.5, 0.6) is 0 Å². The van der Waals surface area contributed by atoms with E-state index in [9.17, 15) is 9.59 Å². The molecular formula is C16H22N2O3. The number of furan rings is 1. The number of amides is 2. The number of allylic oxidation sites excluding steroid dienone is 1. The Bertz CT molecular complexity index is 492. The summed E-state index contributed by atoms with van der Waals surface area (Å²) in [5.74, 6) is -1.13. The molecule has 114 valence electrons. The molecule has 0 fully saturated rings. The number of nitrogens with one attached hydrogen (secondary N) is 2. The molecule has 0 spiro atoms. The van der Waals surface area contributed by atoms with Crippen molar-refractivity contribution in [2.45, 2.75) is 38.5 Å². The third kappa shape index (κ3) is 5.45. The quantitative estimate of drug-likeness (QED) is 0.621.